The molecular weight excluding hydrogens is 454 g/mol. The lowest BCUT2D eigenvalue weighted by molar-refractivity contribution is -0.127. The third-order valence-corrected chi connectivity index (χ3v) is 7.68. The summed E-state index contributed by atoms with van der Waals surface area (Å²) in [4.78, 5) is 29.3. The first-order valence-electron chi connectivity index (χ1n) is 10.8. The van der Waals surface area contributed by atoms with Crippen LogP contribution in [0.5, 0.6) is 0 Å². The number of piperidine rings is 2. The maximum absolute atomic E-state index is 12.9. The monoisotopic (exact) mass is 487 g/mol. The number of nitrogens with zero attached hydrogens (tertiary/aromatic N) is 4. The molecular formula is C20H33N5O3S3. The van der Waals surface area contributed by atoms with E-state index in [1.807, 2.05) is 31.7 Å². The van der Waals surface area contributed by atoms with E-state index in [-0.39, 0.29) is 24.0 Å². The molecule has 11 heteroatoms. The van der Waals surface area contributed by atoms with Gasteiger partial charge in [0.1, 0.15) is 5.60 Å². The van der Waals surface area contributed by atoms with Gasteiger partial charge in [-0.05, 0) is 64.9 Å². The van der Waals surface area contributed by atoms with Crippen LogP contribution in [0, 0.1) is 9.87 Å². The van der Waals surface area contributed by atoms with E-state index >= 15 is 0 Å². The van der Waals surface area contributed by atoms with Crippen LogP contribution in [0.25, 0.3) is 0 Å². The Morgan fingerprint density at radius 2 is 2.00 bits per heavy atom. The third-order valence-electron chi connectivity index (χ3n) is 5.39. The molecule has 3 rings (SSSR count). The van der Waals surface area contributed by atoms with Crippen molar-refractivity contribution in [2.75, 3.05) is 32.4 Å². The number of nitrogens with one attached hydrogen (secondary N) is 1. The molecule has 3 heterocycles. The Balaban J connectivity index is 1.51. The Labute approximate surface area is 197 Å². The highest BCUT2D eigenvalue weighted by atomic mass is 32.2. The van der Waals surface area contributed by atoms with Crippen molar-refractivity contribution in [1.29, 1.82) is 0 Å². The van der Waals surface area contributed by atoms with Crippen molar-refractivity contribution >= 4 is 47.3 Å². The van der Waals surface area contributed by atoms with Crippen LogP contribution >= 0.6 is 35.3 Å². The summed E-state index contributed by atoms with van der Waals surface area (Å²) in [5, 5.41) is 7.77. The molecule has 2 saturated heterocycles. The zero-order chi connectivity index (χ0) is 22.6. The van der Waals surface area contributed by atoms with Crippen molar-refractivity contribution in [3.8, 4) is 0 Å². The molecule has 8 nitrogen and oxygen atoms in total. The highest BCUT2D eigenvalue weighted by molar-refractivity contribution is 8.00. The summed E-state index contributed by atoms with van der Waals surface area (Å²) in [5.41, 5.74) is -0.533. The Bertz CT molecular complexity index is 835. The Hall–Kier alpha value is -1.17. The molecule has 0 aromatic carbocycles. The minimum Gasteiger partial charge on any atom is -0.444 e. The van der Waals surface area contributed by atoms with Crippen molar-refractivity contribution in [2.45, 2.75) is 69.1 Å². The quantitative estimate of drug-likeness (QED) is 0.502. The summed E-state index contributed by atoms with van der Waals surface area (Å²) in [6.45, 7) is 9.03. The topological polar surface area (TPSA) is 79.7 Å². The highest BCUT2D eigenvalue weighted by Gasteiger charge is 2.32. The van der Waals surface area contributed by atoms with Gasteiger partial charge in [-0.15, -0.1) is 0 Å². The largest absolute Gasteiger partial charge is 0.444 e. The first-order chi connectivity index (χ1) is 14.6. The van der Waals surface area contributed by atoms with Crippen molar-refractivity contribution in [2.24, 2.45) is 5.92 Å². The van der Waals surface area contributed by atoms with Gasteiger partial charge in [0.25, 0.3) is 0 Å². The van der Waals surface area contributed by atoms with E-state index in [0.29, 0.717) is 19.8 Å². The lowest BCUT2D eigenvalue weighted by atomic mass is 9.96. The molecule has 31 heavy (non-hydrogen) atoms. The number of carbonyl (C=O) groups is 2. The first-order valence-corrected chi connectivity index (χ1v) is 13.2. The predicted octanol–water partition coefficient (Wildman–Crippen LogP) is 3.58. The van der Waals surface area contributed by atoms with Crippen LogP contribution in [0.3, 0.4) is 0 Å². The van der Waals surface area contributed by atoms with Crippen LogP contribution in [0.15, 0.2) is 4.34 Å². The lowest BCUT2D eigenvalue weighted by Gasteiger charge is -2.36. The summed E-state index contributed by atoms with van der Waals surface area (Å²) < 4.78 is 9.10. The molecule has 2 fully saturated rings. The number of rotatable bonds is 5. The number of hydrogen-bond acceptors (Lipinski definition) is 8. The molecule has 0 radical (unpaired) electrons. The molecule has 1 aromatic rings. The van der Waals surface area contributed by atoms with E-state index < -0.39 is 5.60 Å². The normalized spacial score (nSPS) is 22.9. The fraction of sp³-hybridized carbons (Fsp3) is 0.800. The number of thioether (sulfide) groups is 1. The average molecular weight is 488 g/mol. The van der Waals surface area contributed by atoms with Crippen LogP contribution in [0.1, 0.15) is 46.5 Å². The Morgan fingerprint density at radius 1 is 1.26 bits per heavy atom. The minimum atomic E-state index is -0.533. The second kappa shape index (κ2) is 10.6. The lowest BCUT2D eigenvalue weighted by Crippen LogP contribution is -2.52. The zero-order valence-electron chi connectivity index (χ0n) is 18.8. The van der Waals surface area contributed by atoms with Gasteiger partial charge in [-0.25, -0.2) is 9.48 Å². The van der Waals surface area contributed by atoms with E-state index in [4.69, 9.17) is 17.0 Å². The molecule has 0 bridgehead atoms. The maximum Gasteiger partial charge on any atom is 0.410 e. The molecule has 2 aliphatic rings. The van der Waals surface area contributed by atoms with E-state index in [9.17, 15) is 9.59 Å². The molecule has 0 saturated carbocycles. The summed E-state index contributed by atoms with van der Waals surface area (Å²) in [7, 11) is 0. The maximum atomic E-state index is 12.9. The number of ether oxygens (including phenoxy) is 1. The van der Waals surface area contributed by atoms with Crippen molar-refractivity contribution in [1.82, 2.24) is 24.9 Å². The van der Waals surface area contributed by atoms with E-state index in [0.717, 1.165) is 47.1 Å². The van der Waals surface area contributed by atoms with Crippen LogP contribution in [-0.2, 0) is 16.2 Å². The van der Waals surface area contributed by atoms with Gasteiger partial charge in [0.05, 0.1) is 12.6 Å². The average Bonchev–Trinajstić information content (AvgIpc) is 3.06. The fourth-order valence-corrected chi connectivity index (χ4v) is 5.69. The molecule has 0 aliphatic carbocycles. The molecule has 2 atom stereocenters. The molecule has 2 amide bonds. The number of hydrogen-bond donors (Lipinski definition) is 1. The van der Waals surface area contributed by atoms with E-state index in [1.54, 1.807) is 16.7 Å². The number of likely N-dealkylation sites (tertiary alicyclic amines) is 2. The summed E-state index contributed by atoms with van der Waals surface area (Å²) in [6, 6.07) is 0.103. The number of aromatic nitrogens is 2. The zero-order valence-corrected chi connectivity index (χ0v) is 21.2. The van der Waals surface area contributed by atoms with Gasteiger partial charge >= 0.3 is 6.09 Å². The van der Waals surface area contributed by atoms with Gasteiger partial charge in [-0.3, -0.25) is 9.69 Å². The summed E-state index contributed by atoms with van der Waals surface area (Å²) >= 11 is 8.56. The van der Waals surface area contributed by atoms with Gasteiger partial charge in [0.2, 0.25) is 5.91 Å². The van der Waals surface area contributed by atoms with Gasteiger partial charge in [0.15, 0.2) is 8.29 Å². The van der Waals surface area contributed by atoms with Gasteiger partial charge in [-0.1, -0.05) is 23.1 Å². The van der Waals surface area contributed by atoms with Crippen LogP contribution < -0.4 is 5.32 Å². The highest BCUT2D eigenvalue weighted by Crippen LogP contribution is 2.22. The van der Waals surface area contributed by atoms with Crippen LogP contribution in [0.4, 0.5) is 4.79 Å². The molecule has 0 unspecified atom stereocenters. The molecule has 1 N–H and O–H groups in total. The Kier molecular flexibility index (Phi) is 8.39. The van der Waals surface area contributed by atoms with Crippen LogP contribution in [-0.4, -0.2) is 75.7 Å². The van der Waals surface area contributed by atoms with Gasteiger partial charge < -0.3 is 15.0 Å². The first kappa shape index (κ1) is 24.5. The van der Waals surface area contributed by atoms with Crippen molar-refractivity contribution in [3.63, 3.8) is 0 Å². The van der Waals surface area contributed by atoms with Crippen LogP contribution in [0.2, 0.25) is 0 Å². The molecule has 2 aliphatic heterocycles. The minimum absolute atomic E-state index is 0.0371. The second-order valence-electron chi connectivity index (χ2n) is 9.17. The third kappa shape index (κ3) is 7.16. The van der Waals surface area contributed by atoms with E-state index in [1.165, 1.54) is 11.3 Å². The predicted molar refractivity (Wildman–Crippen MR) is 126 cm³/mol. The molecule has 174 valence electrons. The van der Waals surface area contributed by atoms with E-state index in [2.05, 4.69) is 15.3 Å². The number of carbonyl (C=O) groups excluding carboxylic acids is 2. The van der Waals surface area contributed by atoms with Crippen molar-refractivity contribution in [3.05, 3.63) is 3.95 Å². The molecule has 0 spiro atoms. The fourth-order valence-electron chi connectivity index (χ4n) is 3.95. The SMILES string of the molecule is CSc1nn(CN2CCC[C@@H](NC(=O)[C@H]3CCCN(C(=O)OC(C)(C)C)C3)C2)c(=S)s1. The van der Waals surface area contributed by atoms with Gasteiger partial charge in [0, 0.05) is 32.2 Å². The smallest absolute Gasteiger partial charge is 0.410 e. The van der Waals surface area contributed by atoms with Gasteiger partial charge in [-0.2, -0.15) is 5.10 Å². The second-order valence-corrected chi connectivity index (χ2v) is 11.8. The Morgan fingerprint density at radius 3 is 2.68 bits per heavy atom. The standard InChI is InChI=1S/C20H33N5O3S3/c1-20(2,3)28-18(27)24-10-5-7-14(11-24)16(26)21-15-8-6-9-23(12-15)13-25-19(29)31-17(22-25)30-4/h14-15H,5-13H2,1-4H3,(H,21,26)/t14-,15+/m0/s1. The van der Waals surface area contributed by atoms with Crippen molar-refractivity contribution < 1.29 is 14.3 Å². The molecule has 1 aromatic heterocycles. The summed E-state index contributed by atoms with van der Waals surface area (Å²) in [5.74, 6) is -0.150. The summed E-state index contributed by atoms with van der Waals surface area (Å²) in [6.07, 6.45) is 5.26. The number of amides is 2.